The zero-order valence-corrected chi connectivity index (χ0v) is 23.1. The number of hydrogen-bond acceptors (Lipinski definition) is 10. The second-order valence-corrected chi connectivity index (χ2v) is 8.64. The summed E-state index contributed by atoms with van der Waals surface area (Å²) in [5.41, 5.74) is -3.24. The summed E-state index contributed by atoms with van der Waals surface area (Å²) in [7, 11) is 0. The number of rotatable bonds is 12. The van der Waals surface area contributed by atoms with Crippen molar-refractivity contribution < 1.29 is 73.9 Å². The molecule has 0 atom stereocenters. The molecule has 3 aromatic rings. The van der Waals surface area contributed by atoms with E-state index in [-0.39, 0.29) is 34.1 Å². The van der Waals surface area contributed by atoms with Gasteiger partial charge in [-0.1, -0.05) is 13.2 Å². The number of alkyl halides is 6. The van der Waals surface area contributed by atoms with Crippen LogP contribution in [0.25, 0.3) is 0 Å². The Morgan fingerprint density at radius 1 is 0.500 bits per heavy atom. The minimum atomic E-state index is -4.94. The molecular weight excluding hydrogens is 634 g/mol. The van der Waals surface area contributed by atoms with Crippen molar-refractivity contribution >= 4 is 23.9 Å². The van der Waals surface area contributed by atoms with Crippen LogP contribution in [0.15, 0.2) is 97.1 Å². The van der Waals surface area contributed by atoms with E-state index in [0.29, 0.717) is 0 Å². The molecule has 0 aliphatic heterocycles. The van der Waals surface area contributed by atoms with Crippen molar-refractivity contribution in [3.05, 3.63) is 108 Å². The maximum absolute atomic E-state index is 12.4. The minimum absolute atomic E-state index is 0.0719. The van der Waals surface area contributed by atoms with Gasteiger partial charge in [0.25, 0.3) is 0 Å². The van der Waals surface area contributed by atoms with Gasteiger partial charge in [-0.15, -0.1) is 0 Å². The van der Waals surface area contributed by atoms with Crippen LogP contribution in [0.2, 0.25) is 0 Å². The van der Waals surface area contributed by atoms with Crippen LogP contribution in [-0.2, 0) is 19.1 Å². The van der Waals surface area contributed by atoms with E-state index in [1.165, 1.54) is 72.8 Å². The van der Waals surface area contributed by atoms with Crippen LogP contribution >= 0.6 is 0 Å². The first-order valence-corrected chi connectivity index (χ1v) is 12.4. The van der Waals surface area contributed by atoms with Crippen LogP contribution in [0.4, 0.5) is 26.3 Å². The third-order valence-corrected chi connectivity index (χ3v) is 5.43. The van der Waals surface area contributed by atoms with Gasteiger partial charge < -0.3 is 28.4 Å². The van der Waals surface area contributed by atoms with Gasteiger partial charge >= 0.3 is 36.2 Å². The van der Waals surface area contributed by atoms with Crippen molar-refractivity contribution in [3.8, 4) is 23.0 Å². The molecular formula is C30H20F6O10. The Bertz CT molecular complexity index is 1470. The highest BCUT2D eigenvalue weighted by atomic mass is 19.4. The average Bonchev–Trinajstić information content (AvgIpc) is 3.00. The van der Waals surface area contributed by atoms with Crippen LogP contribution in [-0.4, -0.2) is 49.8 Å². The predicted octanol–water partition coefficient (Wildman–Crippen LogP) is 6.12. The molecule has 0 saturated carbocycles. The van der Waals surface area contributed by atoms with Gasteiger partial charge in [-0.3, -0.25) is 0 Å². The lowest BCUT2D eigenvalue weighted by molar-refractivity contribution is -0.157. The fourth-order valence-corrected chi connectivity index (χ4v) is 2.99. The van der Waals surface area contributed by atoms with Gasteiger partial charge in [0.1, 0.15) is 34.1 Å². The van der Waals surface area contributed by atoms with Crippen LogP contribution in [0.3, 0.4) is 0 Å². The van der Waals surface area contributed by atoms with Crippen molar-refractivity contribution in [2.75, 3.05) is 13.6 Å². The summed E-state index contributed by atoms with van der Waals surface area (Å²) < 4.78 is 104. The van der Waals surface area contributed by atoms with Crippen molar-refractivity contribution in [2.45, 2.75) is 12.4 Å². The molecule has 0 heterocycles. The second kappa shape index (κ2) is 14.8. The molecule has 0 bridgehead atoms. The minimum Gasteiger partial charge on any atom is -0.457 e. The summed E-state index contributed by atoms with van der Waals surface area (Å²) in [5, 5.41) is 0. The van der Waals surface area contributed by atoms with Gasteiger partial charge in [-0.25, -0.2) is 19.2 Å². The lowest BCUT2D eigenvalue weighted by Crippen LogP contribution is -2.22. The summed E-state index contributed by atoms with van der Waals surface area (Å²) in [4.78, 5) is 47.4. The van der Waals surface area contributed by atoms with Gasteiger partial charge in [0.05, 0.1) is 11.1 Å². The Kier molecular flexibility index (Phi) is 11.1. The van der Waals surface area contributed by atoms with Gasteiger partial charge in [-0.2, -0.15) is 26.3 Å². The average molecular weight is 654 g/mol. The zero-order chi connectivity index (χ0) is 34.1. The molecule has 0 aliphatic rings. The normalized spacial score (nSPS) is 11.1. The molecule has 0 saturated heterocycles. The summed E-state index contributed by atoms with van der Waals surface area (Å²) >= 11 is 0. The summed E-state index contributed by atoms with van der Waals surface area (Å²) in [6.45, 7) is 3.54. The fraction of sp³-hybridized carbons (Fsp3) is 0.133. The first-order chi connectivity index (χ1) is 21.5. The second-order valence-electron chi connectivity index (χ2n) is 8.64. The van der Waals surface area contributed by atoms with E-state index in [4.69, 9.17) is 18.9 Å². The van der Waals surface area contributed by atoms with Gasteiger partial charge in [0.2, 0.25) is 13.6 Å². The van der Waals surface area contributed by atoms with E-state index in [9.17, 15) is 45.5 Å². The molecule has 242 valence electrons. The first-order valence-electron chi connectivity index (χ1n) is 12.4. The van der Waals surface area contributed by atoms with Crippen LogP contribution in [0, 0.1) is 0 Å². The molecule has 0 aromatic heterocycles. The summed E-state index contributed by atoms with van der Waals surface area (Å²) in [5.74, 6) is -4.64. The van der Waals surface area contributed by atoms with Gasteiger partial charge in [0.15, 0.2) is 0 Å². The van der Waals surface area contributed by atoms with E-state index in [2.05, 4.69) is 22.6 Å². The van der Waals surface area contributed by atoms with Gasteiger partial charge in [-0.05, 0) is 72.8 Å². The molecule has 0 N–H and O–H groups in total. The highest BCUT2D eigenvalue weighted by Gasteiger charge is 2.38. The molecule has 0 amide bonds. The van der Waals surface area contributed by atoms with Crippen molar-refractivity contribution in [1.29, 1.82) is 0 Å². The lowest BCUT2D eigenvalue weighted by atomic mass is 10.2. The molecule has 46 heavy (non-hydrogen) atoms. The Labute approximate surface area is 255 Å². The molecule has 0 fully saturated rings. The standard InChI is InChI=1S/C30H20F6O10/c1-17(29(31,32)33)25(37)43-15-41-21-7-3-19(4-8-21)27(39)45-23-11-13-24(14-12-23)46-28(40)20-5-9-22(10-6-20)42-16-44-26(38)18(2)30(34,35)36/h3-14H,1-2,15-16H2. The summed E-state index contributed by atoms with van der Waals surface area (Å²) in [6, 6.07) is 15.7. The highest BCUT2D eigenvalue weighted by Crippen LogP contribution is 2.26. The Balaban J connectivity index is 1.44. The molecule has 0 radical (unpaired) electrons. The Hall–Kier alpha value is -5.80. The van der Waals surface area contributed by atoms with Crippen LogP contribution < -0.4 is 18.9 Å². The monoisotopic (exact) mass is 654 g/mol. The third kappa shape index (κ3) is 10.1. The Morgan fingerprint density at radius 3 is 1.07 bits per heavy atom. The van der Waals surface area contributed by atoms with Crippen molar-refractivity contribution in [3.63, 3.8) is 0 Å². The molecule has 3 aromatic carbocycles. The van der Waals surface area contributed by atoms with Crippen molar-refractivity contribution in [2.24, 2.45) is 0 Å². The quantitative estimate of drug-likeness (QED) is 0.0742. The fourth-order valence-electron chi connectivity index (χ4n) is 2.99. The maximum Gasteiger partial charge on any atom is 0.422 e. The number of halogens is 6. The van der Waals surface area contributed by atoms with E-state index >= 15 is 0 Å². The molecule has 16 heteroatoms. The largest absolute Gasteiger partial charge is 0.457 e. The Morgan fingerprint density at radius 2 is 0.783 bits per heavy atom. The smallest absolute Gasteiger partial charge is 0.422 e. The molecule has 0 spiro atoms. The van der Waals surface area contributed by atoms with E-state index < -0.39 is 61.0 Å². The van der Waals surface area contributed by atoms with E-state index in [1.807, 2.05) is 0 Å². The van der Waals surface area contributed by atoms with Crippen LogP contribution in [0.1, 0.15) is 20.7 Å². The SMILES string of the molecule is C=C(C(=O)OCOc1ccc(C(=O)Oc2ccc(OC(=O)c3ccc(OCOC(=O)C(=C)C(F)(F)F)cc3)cc2)cc1)C(F)(F)F. The molecule has 3 rings (SSSR count). The number of esters is 4. The number of carbonyl (C=O) groups excluding carboxylic acids is 4. The predicted molar refractivity (Wildman–Crippen MR) is 143 cm³/mol. The number of carbonyl (C=O) groups is 4. The van der Waals surface area contributed by atoms with Crippen molar-refractivity contribution in [1.82, 2.24) is 0 Å². The zero-order valence-electron chi connectivity index (χ0n) is 23.1. The van der Waals surface area contributed by atoms with Crippen LogP contribution in [0.5, 0.6) is 23.0 Å². The number of benzene rings is 3. The maximum atomic E-state index is 12.4. The topological polar surface area (TPSA) is 124 Å². The number of ether oxygens (including phenoxy) is 6. The number of hydrogen-bond donors (Lipinski definition) is 0. The highest BCUT2D eigenvalue weighted by molar-refractivity contribution is 5.92. The van der Waals surface area contributed by atoms with E-state index in [1.54, 1.807) is 0 Å². The molecule has 0 unspecified atom stereocenters. The third-order valence-electron chi connectivity index (χ3n) is 5.43. The van der Waals surface area contributed by atoms with Gasteiger partial charge in [0, 0.05) is 0 Å². The molecule has 10 nitrogen and oxygen atoms in total. The lowest BCUT2D eigenvalue weighted by Gasteiger charge is -2.11. The summed E-state index contributed by atoms with van der Waals surface area (Å²) in [6.07, 6.45) is -9.88. The molecule has 0 aliphatic carbocycles. The van der Waals surface area contributed by atoms with E-state index in [0.717, 1.165) is 0 Å². The first kappa shape index (κ1) is 34.7.